The van der Waals surface area contributed by atoms with E-state index in [1.807, 2.05) is 43.0 Å². The molecule has 132 valence electrons. The molecule has 1 aromatic carbocycles. The molecule has 0 bridgehead atoms. The predicted molar refractivity (Wildman–Crippen MR) is 106 cm³/mol. The molecule has 8 heteroatoms. The van der Waals surface area contributed by atoms with E-state index in [1.165, 1.54) is 11.9 Å². The van der Waals surface area contributed by atoms with Gasteiger partial charge in [-0.3, -0.25) is 9.67 Å². The molecule has 0 amide bonds. The van der Waals surface area contributed by atoms with Gasteiger partial charge in [0.15, 0.2) is 0 Å². The molecule has 0 spiro atoms. The fourth-order valence-corrected chi connectivity index (χ4v) is 3.63. The molecule has 4 rings (SSSR count). The van der Waals surface area contributed by atoms with E-state index >= 15 is 0 Å². The van der Waals surface area contributed by atoms with E-state index in [1.54, 1.807) is 6.20 Å². The Kier molecular flexibility index (Phi) is 4.57. The van der Waals surface area contributed by atoms with Crippen LogP contribution < -0.4 is 10.6 Å². The van der Waals surface area contributed by atoms with E-state index < -0.39 is 0 Å². The molecule has 26 heavy (non-hydrogen) atoms. The molecule has 2 N–H and O–H groups in total. The number of nitrogens with zero attached hydrogens (tertiary/aromatic N) is 4. The number of para-hydroxylation sites is 1. The van der Waals surface area contributed by atoms with E-state index in [-0.39, 0.29) is 0 Å². The van der Waals surface area contributed by atoms with Crippen molar-refractivity contribution in [3.05, 3.63) is 59.1 Å². The van der Waals surface area contributed by atoms with Crippen LogP contribution in [0.15, 0.2) is 52.0 Å². The van der Waals surface area contributed by atoms with Gasteiger partial charge in [0.05, 0.1) is 33.5 Å². The highest BCUT2D eigenvalue weighted by molar-refractivity contribution is 7.98. The zero-order valence-electron chi connectivity index (χ0n) is 14.3. The van der Waals surface area contributed by atoms with Crippen LogP contribution in [0.4, 0.5) is 5.69 Å². The lowest BCUT2D eigenvalue weighted by atomic mass is 10.0. The largest absolute Gasteiger partial charge is 0.350 e. The molecule has 1 aliphatic heterocycles. The van der Waals surface area contributed by atoms with Gasteiger partial charge in [0, 0.05) is 42.5 Å². The van der Waals surface area contributed by atoms with Gasteiger partial charge >= 0.3 is 0 Å². The summed E-state index contributed by atoms with van der Waals surface area (Å²) in [5.74, 6) is 0.702. The molecule has 0 aliphatic carbocycles. The lowest BCUT2D eigenvalue weighted by Crippen LogP contribution is -2.31. The van der Waals surface area contributed by atoms with Crippen molar-refractivity contribution in [1.29, 1.82) is 0 Å². The van der Waals surface area contributed by atoms with Crippen molar-refractivity contribution >= 4 is 35.2 Å². The van der Waals surface area contributed by atoms with Crippen molar-refractivity contribution in [2.45, 2.75) is 18.4 Å². The summed E-state index contributed by atoms with van der Waals surface area (Å²) in [6.07, 6.45) is 3.68. The topological polar surface area (TPSA) is 67.1 Å². The minimum atomic E-state index is 0.562. The standard InChI is InChI=1S/C18H17ClN6S/c1-11-15(10-25(2)23-11)14-4-3-5-16-17(14)22-18(24-26-16)21-9-13-7-6-12(19)8-20-13/h3-8,10H,9H2,1-2H3,(H2,21,22,24). The SMILES string of the molecule is Cc1nn(C)cc1-c1cccc2c1NC(NCc1ccc(Cl)cn1)=NS2. The minimum Gasteiger partial charge on any atom is -0.350 e. The maximum Gasteiger partial charge on any atom is 0.208 e. The van der Waals surface area contributed by atoms with E-state index in [4.69, 9.17) is 11.6 Å². The van der Waals surface area contributed by atoms with Crippen molar-refractivity contribution in [1.82, 2.24) is 20.1 Å². The number of aryl methyl sites for hydroxylation is 2. The first-order valence-corrected chi connectivity index (χ1v) is 9.25. The van der Waals surface area contributed by atoms with Crippen LogP contribution in [0.1, 0.15) is 11.4 Å². The number of hydrogen-bond donors (Lipinski definition) is 2. The molecule has 3 aromatic rings. The fraction of sp³-hybridized carbons (Fsp3) is 0.167. The number of halogens is 1. The van der Waals surface area contributed by atoms with Gasteiger partial charge in [0.1, 0.15) is 0 Å². The van der Waals surface area contributed by atoms with Crippen LogP contribution in [-0.4, -0.2) is 20.7 Å². The summed E-state index contributed by atoms with van der Waals surface area (Å²) in [7, 11) is 1.93. The summed E-state index contributed by atoms with van der Waals surface area (Å²) in [4.78, 5) is 5.38. The number of benzene rings is 1. The quantitative estimate of drug-likeness (QED) is 0.667. The highest BCUT2D eigenvalue weighted by Gasteiger charge is 2.19. The van der Waals surface area contributed by atoms with E-state index in [0.717, 1.165) is 33.1 Å². The van der Waals surface area contributed by atoms with Crippen LogP contribution in [0, 0.1) is 6.92 Å². The second kappa shape index (κ2) is 7.01. The van der Waals surface area contributed by atoms with Gasteiger partial charge in [-0.1, -0.05) is 23.7 Å². The van der Waals surface area contributed by atoms with Gasteiger partial charge < -0.3 is 10.6 Å². The zero-order chi connectivity index (χ0) is 18.1. The molecule has 0 unspecified atom stereocenters. The summed E-state index contributed by atoms with van der Waals surface area (Å²) in [6, 6.07) is 9.92. The fourth-order valence-electron chi connectivity index (χ4n) is 2.82. The van der Waals surface area contributed by atoms with Crippen molar-refractivity contribution in [3.63, 3.8) is 0 Å². The maximum atomic E-state index is 5.88. The Hall–Kier alpha value is -2.51. The summed E-state index contributed by atoms with van der Waals surface area (Å²) >= 11 is 7.33. The van der Waals surface area contributed by atoms with Crippen LogP contribution in [0.5, 0.6) is 0 Å². The normalized spacial score (nSPS) is 13.0. The molecule has 1 aliphatic rings. The Bertz CT molecular complexity index is 980. The molecule has 2 aromatic heterocycles. The van der Waals surface area contributed by atoms with Crippen molar-refractivity contribution in [2.75, 3.05) is 5.32 Å². The Morgan fingerprint density at radius 2 is 2.12 bits per heavy atom. The second-order valence-corrected chi connectivity index (χ2v) is 7.20. The average molecular weight is 385 g/mol. The number of anilines is 1. The number of aromatic nitrogens is 3. The Morgan fingerprint density at radius 1 is 1.23 bits per heavy atom. The van der Waals surface area contributed by atoms with Gasteiger partial charge in [-0.05, 0) is 25.1 Å². The highest BCUT2D eigenvalue weighted by Crippen LogP contribution is 2.40. The van der Waals surface area contributed by atoms with Crippen molar-refractivity contribution in [3.8, 4) is 11.1 Å². The predicted octanol–water partition coefficient (Wildman–Crippen LogP) is 4.02. The Balaban J connectivity index is 1.56. The number of nitrogens with one attached hydrogen (secondary N) is 2. The third-order valence-electron chi connectivity index (χ3n) is 4.03. The van der Waals surface area contributed by atoms with Gasteiger partial charge in [0.2, 0.25) is 5.96 Å². The molecule has 3 heterocycles. The summed E-state index contributed by atoms with van der Waals surface area (Å²) in [5.41, 5.74) is 5.15. The van der Waals surface area contributed by atoms with Crippen LogP contribution in [0.3, 0.4) is 0 Å². The van der Waals surface area contributed by atoms with E-state index in [0.29, 0.717) is 17.5 Å². The lowest BCUT2D eigenvalue weighted by molar-refractivity contribution is 0.756. The van der Waals surface area contributed by atoms with Crippen molar-refractivity contribution < 1.29 is 0 Å². The molecular weight excluding hydrogens is 368 g/mol. The monoisotopic (exact) mass is 384 g/mol. The van der Waals surface area contributed by atoms with Gasteiger partial charge in [-0.15, -0.1) is 0 Å². The minimum absolute atomic E-state index is 0.562. The number of guanidine groups is 1. The van der Waals surface area contributed by atoms with Crippen LogP contribution in [0.2, 0.25) is 5.02 Å². The molecular formula is C18H17ClN6S. The second-order valence-electron chi connectivity index (χ2n) is 5.96. The smallest absolute Gasteiger partial charge is 0.208 e. The van der Waals surface area contributed by atoms with Crippen LogP contribution in [-0.2, 0) is 13.6 Å². The highest BCUT2D eigenvalue weighted by atomic mass is 35.5. The number of rotatable bonds is 3. The molecule has 0 saturated carbocycles. The molecule has 0 saturated heterocycles. The third-order valence-corrected chi connectivity index (χ3v) is 5.07. The van der Waals surface area contributed by atoms with Gasteiger partial charge in [-0.2, -0.15) is 9.50 Å². The third kappa shape index (κ3) is 3.40. The van der Waals surface area contributed by atoms with Crippen molar-refractivity contribution in [2.24, 2.45) is 11.4 Å². The molecule has 0 fully saturated rings. The summed E-state index contributed by atoms with van der Waals surface area (Å²) in [6.45, 7) is 2.58. The summed E-state index contributed by atoms with van der Waals surface area (Å²) in [5, 5.41) is 11.8. The lowest BCUT2D eigenvalue weighted by Gasteiger charge is -2.21. The Morgan fingerprint density at radius 3 is 2.85 bits per heavy atom. The van der Waals surface area contributed by atoms with Crippen LogP contribution in [0.25, 0.3) is 11.1 Å². The summed E-state index contributed by atoms with van der Waals surface area (Å²) < 4.78 is 6.34. The first-order valence-electron chi connectivity index (χ1n) is 8.10. The first-order chi connectivity index (χ1) is 12.6. The zero-order valence-corrected chi connectivity index (χ0v) is 15.9. The average Bonchev–Trinajstić information content (AvgIpc) is 2.98. The number of pyridine rings is 1. The van der Waals surface area contributed by atoms with Crippen LogP contribution >= 0.6 is 23.5 Å². The first kappa shape index (κ1) is 16.9. The maximum absolute atomic E-state index is 5.88. The number of fused-ring (bicyclic) bond motifs is 1. The molecule has 6 nitrogen and oxygen atoms in total. The molecule has 0 radical (unpaired) electrons. The van der Waals surface area contributed by atoms with Gasteiger partial charge in [0.25, 0.3) is 0 Å². The van der Waals surface area contributed by atoms with E-state index in [9.17, 15) is 0 Å². The number of hydrogen-bond acceptors (Lipinski definition) is 6. The van der Waals surface area contributed by atoms with E-state index in [2.05, 4.69) is 37.2 Å². The van der Waals surface area contributed by atoms with Gasteiger partial charge in [-0.25, -0.2) is 0 Å². The Labute approximate surface area is 160 Å². The molecule has 0 atom stereocenters.